The smallest absolute Gasteiger partial charge is 0.338 e. The van der Waals surface area contributed by atoms with E-state index in [9.17, 15) is 19.2 Å². The molecule has 4 rings (SSSR count). The third-order valence-electron chi connectivity index (χ3n) is 5.30. The Morgan fingerprint density at radius 1 is 0.737 bits per heavy atom. The summed E-state index contributed by atoms with van der Waals surface area (Å²) in [6, 6.07) is 12.8. The summed E-state index contributed by atoms with van der Waals surface area (Å²) in [6.07, 6.45) is 1.37. The fourth-order valence-electron chi connectivity index (χ4n) is 3.55. The van der Waals surface area contributed by atoms with E-state index in [2.05, 4.69) is 0 Å². The number of thiocarbonyl (C=S) groups is 2. The Hall–Kier alpha value is -3.06. The maximum Gasteiger partial charge on any atom is 0.338 e. The molecule has 0 N–H and O–H groups in total. The molecule has 38 heavy (non-hydrogen) atoms. The predicted octanol–water partition coefficient (Wildman–Crippen LogP) is 5.46. The summed E-state index contributed by atoms with van der Waals surface area (Å²) in [5.41, 5.74) is 1.35. The van der Waals surface area contributed by atoms with Crippen molar-refractivity contribution in [2.24, 2.45) is 0 Å². The molecule has 0 aromatic heterocycles. The van der Waals surface area contributed by atoms with Crippen molar-refractivity contribution in [2.45, 2.75) is 26.7 Å². The molecule has 2 saturated heterocycles. The number of hydrogen-bond acceptors (Lipinski definition) is 10. The zero-order valence-electron chi connectivity index (χ0n) is 20.4. The van der Waals surface area contributed by atoms with E-state index in [1.165, 1.54) is 21.9 Å². The van der Waals surface area contributed by atoms with E-state index >= 15 is 0 Å². The zero-order valence-corrected chi connectivity index (χ0v) is 23.7. The molecule has 2 aliphatic rings. The van der Waals surface area contributed by atoms with Crippen molar-refractivity contribution in [2.75, 3.05) is 23.0 Å². The van der Waals surface area contributed by atoms with E-state index in [1.54, 1.807) is 36.4 Å². The van der Waals surface area contributed by atoms with Gasteiger partial charge in [0.05, 0.1) is 45.5 Å². The summed E-state index contributed by atoms with van der Waals surface area (Å²) >= 11 is 12.9. The van der Waals surface area contributed by atoms with Crippen molar-refractivity contribution >= 4 is 91.7 Å². The van der Waals surface area contributed by atoms with Crippen molar-refractivity contribution in [1.29, 1.82) is 0 Å². The largest absolute Gasteiger partial charge is 0.462 e. The molecule has 2 aromatic rings. The molecule has 0 saturated carbocycles. The van der Waals surface area contributed by atoms with Crippen molar-refractivity contribution < 1.29 is 28.7 Å². The molecule has 12 heteroatoms. The van der Waals surface area contributed by atoms with Crippen molar-refractivity contribution in [3.05, 3.63) is 69.5 Å². The van der Waals surface area contributed by atoms with Gasteiger partial charge < -0.3 is 9.47 Å². The van der Waals surface area contributed by atoms with E-state index < -0.39 is 23.8 Å². The van der Waals surface area contributed by atoms with Crippen LogP contribution in [0.3, 0.4) is 0 Å². The standard InChI is InChI=1S/C26H22N2O6S4/c1-3-11-33-23(31)15-7-5-9-17(13-15)27-21(29)19(37-25(27)35)20-22(30)28(26(36)38-20)18-10-6-8-16(14-18)24(32)34-12-4-2/h5-10,13-14H,3-4,11-12H2,1-2H3. The summed E-state index contributed by atoms with van der Waals surface area (Å²) in [6.45, 7) is 4.36. The summed E-state index contributed by atoms with van der Waals surface area (Å²) in [7, 11) is 0. The number of carbonyl (C=O) groups is 4. The fourth-order valence-corrected chi connectivity index (χ4v) is 6.31. The number of carbonyl (C=O) groups excluding carboxylic acids is 4. The van der Waals surface area contributed by atoms with Crippen LogP contribution >= 0.6 is 48.0 Å². The Kier molecular flexibility index (Phi) is 8.98. The van der Waals surface area contributed by atoms with Crippen LogP contribution in [0.1, 0.15) is 47.4 Å². The number of anilines is 2. The van der Waals surface area contributed by atoms with Gasteiger partial charge in [-0.15, -0.1) is 0 Å². The lowest BCUT2D eigenvalue weighted by Gasteiger charge is -2.16. The first-order valence-corrected chi connectivity index (χ1v) is 14.1. The molecule has 0 aliphatic carbocycles. The van der Waals surface area contributed by atoms with Gasteiger partial charge in [-0.05, 0) is 49.2 Å². The van der Waals surface area contributed by atoms with Crippen LogP contribution in [-0.2, 0) is 19.1 Å². The molecule has 0 spiro atoms. The molecular weight excluding hydrogens is 565 g/mol. The van der Waals surface area contributed by atoms with Gasteiger partial charge in [-0.2, -0.15) is 0 Å². The van der Waals surface area contributed by atoms with E-state index in [1.807, 2.05) is 13.8 Å². The molecule has 2 amide bonds. The van der Waals surface area contributed by atoms with Gasteiger partial charge in [0, 0.05) is 0 Å². The van der Waals surface area contributed by atoms with Crippen molar-refractivity contribution in [3.63, 3.8) is 0 Å². The molecule has 0 atom stereocenters. The number of esters is 2. The Bertz CT molecular complexity index is 1290. The molecule has 8 nitrogen and oxygen atoms in total. The molecule has 2 heterocycles. The quantitative estimate of drug-likeness (QED) is 0.225. The van der Waals surface area contributed by atoms with Crippen LogP contribution in [0, 0.1) is 0 Å². The maximum atomic E-state index is 13.5. The van der Waals surface area contributed by atoms with Gasteiger partial charge in [-0.25, -0.2) is 9.59 Å². The Morgan fingerprint density at radius 2 is 1.13 bits per heavy atom. The van der Waals surface area contributed by atoms with E-state index in [4.69, 9.17) is 33.9 Å². The number of rotatable bonds is 8. The lowest BCUT2D eigenvalue weighted by atomic mass is 10.2. The SMILES string of the molecule is CCCOC(=O)c1cccc(N2C(=O)C(=C3SC(=S)N(c4cccc(C(=O)OCCC)c4)C3=O)SC2=S)c1. The van der Waals surface area contributed by atoms with Crippen LogP contribution in [-0.4, -0.2) is 45.6 Å². The topological polar surface area (TPSA) is 93.2 Å². The molecule has 2 fully saturated rings. The monoisotopic (exact) mass is 586 g/mol. The second-order valence-corrected chi connectivity index (χ2v) is 11.3. The molecule has 2 aliphatic heterocycles. The minimum Gasteiger partial charge on any atom is -0.462 e. The van der Waals surface area contributed by atoms with E-state index in [0.717, 1.165) is 23.5 Å². The number of amides is 2. The lowest BCUT2D eigenvalue weighted by molar-refractivity contribution is -0.115. The molecule has 0 unspecified atom stereocenters. The highest BCUT2D eigenvalue weighted by Crippen LogP contribution is 2.44. The van der Waals surface area contributed by atoms with Gasteiger partial charge in [0.2, 0.25) is 0 Å². The van der Waals surface area contributed by atoms with E-state index in [0.29, 0.717) is 24.2 Å². The minimum absolute atomic E-state index is 0.146. The van der Waals surface area contributed by atoms with Gasteiger partial charge >= 0.3 is 11.9 Å². The fraction of sp³-hybridized carbons (Fsp3) is 0.231. The average Bonchev–Trinajstić information content (AvgIpc) is 3.38. The molecule has 196 valence electrons. The Morgan fingerprint density at radius 3 is 1.50 bits per heavy atom. The number of benzene rings is 2. The highest BCUT2D eigenvalue weighted by molar-refractivity contribution is 8.30. The third-order valence-corrected chi connectivity index (χ3v) is 8.17. The number of thioether (sulfide) groups is 2. The van der Waals surface area contributed by atoms with Crippen LogP contribution in [0.15, 0.2) is 58.3 Å². The average molecular weight is 587 g/mol. The summed E-state index contributed by atoms with van der Waals surface area (Å²) in [5.74, 6) is -1.98. The molecular formula is C26H22N2O6S4. The molecule has 0 radical (unpaired) electrons. The zero-order chi connectivity index (χ0) is 27.4. The van der Waals surface area contributed by atoms with Crippen LogP contribution in [0.2, 0.25) is 0 Å². The minimum atomic E-state index is -0.499. The van der Waals surface area contributed by atoms with Gasteiger partial charge in [0.15, 0.2) is 8.64 Å². The number of nitrogens with zero attached hydrogens (tertiary/aromatic N) is 2. The lowest BCUT2D eigenvalue weighted by Crippen LogP contribution is -2.29. The van der Waals surface area contributed by atoms with Gasteiger partial charge in [0.1, 0.15) is 0 Å². The predicted molar refractivity (Wildman–Crippen MR) is 156 cm³/mol. The number of ether oxygens (including phenoxy) is 2. The van der Waals surface area contributed by atoms with Crippen molar-refractivity contribution in [1.82, 2.24) is 0 Å². The van der Waals surface area contributed by atoms with Crippen LogP contribution in [0.25, 0.3) is 0 Å². The Balaban J connectivity index is 1.60. The van der Waals surface area contributed by atoms with Crippen molar-refractivity contribution in [3.8, 4) is 0 Å². The summed E-state index contributed by atoms with van der Waals surface area (Å²) in [4.78, 5) is 54.4. The van der Waals surface area contributed by atoms with E-state index in [-0.39, 0.29) is 42.8 Å². The van der Waals surface area contributed by atoms with Gasteiger partial charge in [0.25, 0.3) is 11.8 Å². The van der Waals surface area contributed by atoms with Gasteiger partial charge in [-0.3, -0.25) is 19.4 Å². The highest BCUT2D eigenvalue weighted by Gasteiger charge is 2.43. The van der Waals surface area contributed by atoms with Crippen LogP contribution in [0.4, 0.5) is 11.4 Å². The summed E-state index contributed by atoms with van der Waals surface area (Å²) in [5, 5.41) is 0. The van der Waals surface area contributed by atoms with Crippen LogP contribution in [0.5, 0.6) is 0 Å². The first-order chi connectivity index (χ1) is 18.3. The molecule has 0 bridgehead atoms. The third kappa shape index (κ3) is 5.68. The highest BCUT2D eigenvalue weighted by atomic mass is 32.2. The second kappa shape index (κ2) is 12.2. The van der Waals surface area contributed by atoms with Gasteiger partial charge in [-0.1, -0.05) is 73.9 Å². The first kappa shape index (κ1) is 28.0. The summed E-state index contributed by atoms with van der Waals surface area (Å²) < 4.78 is 10.8. The maximum absolute atomic E-state index is 13.5. The van der Waals surface area contributed by atoms with Crippen LogP contribution < -0.4 is 9.80 Å². The second-order valence-electron chi connectivity index (χ2n) is 8.05. The molecule has 2 aromatic carbocycles. The number of hydrogen-bond donors (Lipinski definition) is 0. The first-order valence-electron chi connectivity index (χ1n) is 11.7. The Labute approximate surface area is 238 Å². The normalized spacial score (nSPS) is 17.4.